The first-order valence-electron chi connectivity index (χ1n) is 7.43. The number of nitrogens with one attached hydrogen (secondary N) is 1. The molecule has 1 aromatic heterocycles. The molecule has 2 aromatic rings. The van der Waals surface area contributed by atoms with E-state index in [9.17, 15) is 4.79 Å². The van der Waals surface area contributed by atoms with Crippen molar-refractivity contribution in [1.82, 2.24) is 10.2 Å². The molecule has 0 aliphatic rings. The van der Waals surface area contributed by atoms with Crippen LogP contribution in [0.3, 0.4) is 0 Å². The van der Waals surface area contributed by atoms with Gasteiger partial charge in [0.1, 0.15) is 0 Å². The van der Waals surface area contributed by atoms with Crippen LogP contribution in [0.5, 0.6) is 0 Å². The van der Waals surface area contributed by atoms with Crippen molar-refractivity contribution < 1.29 is 4.79 Å². The molecule has 1 amide bonds. The van der Waals surface area contributed by atoms with Gasteiger partial charge in [-0.2, -0.15) is 0 Å². The fraction of sp³-hybridized carbons (Fsp3) is 0.294. The number of nitrogens with zero attached hydrogens (tertiary/aromatic N) is 2. The molecule has 0 radical (unpaired) electrons. The zero-order valence-electron chi connectivity index (χ0n) is 13.5. The van der Waals surface area contributed by atoms with Gasteiger partial charge in [-0.25, -0.2) is 4.99 Å². The van der Waals surface area contributed by atoms with Crippen LogP contribution in [-0.4, -0.2) is 37.4 Å². The largest absolute Gasteiger partial charge is 0.370 e. The first-order chi connectivity index (χ1) is 11.1. The van der Waals surface area contributed by atoms with Gasteiger partial charge in [0.15, 0.2) is 5.96 Å². The highest BCUT2D eigenvalue weighted by molar-refractivity contribution is 7.09. The van der Waals surface area contributed by atoms with Gasteiger partial charge in [-0.15, -0.1) is 11.3 Å². The molecule has 2 rings (SSSR count). The molecule has 0 aliphatic heterocycles. The highest BCUT2D eigenvalue weighted by atomic mass is 32.1. The Balaban J connectivity index is 1.80. The van der Waals surface area contributed by atoms with Gasteiger partial charge >= 0.3 is 0 Å². The molecule has 0 spiro atoms. The third-order valence-corrected chi connectivity index (χ3v) is 4.23. The standard InChI is InChI=1S/C17H22N4OS/c1-21(2)16(22)14-7-5-13(6-8-14)12-20-17(18)19-10-9-15-4-3-11-23-15/h3-8,11H,9-10,12H2,1-2H3,(H3,18,19,20). The molecule has 0 atom stereocenters. The van der Waals surface area contributed by atoms with Crippen molar-refractivity contribution in [3.8, 4) is 0 Å². The number of hydrogen-bond acceptors (Lipinski definition) is 3. The molecule has 0 saturated carbocycles. The molecule has 122 valence electrons. The summed E-state index contributed by atoms with van der Waals surface area (Å²) in [6.45, 7) is 1.26. The number of carbonyl (C=O) groups is 1. The Bertz CT molecular complexity index is 648. The summed E-state index contributed by atoms with van der Waals surface area (Å²) in [5.74, 6) is 0.435. The number of rotatable bonds is 6. The summed E-state index contributed by atoms with van der Waals surface area (Å²) < 4.78 is 0. The summed E-state index contributed by atoms with van der Waals surface area (Å²) in [7, 11) is 3.48. The highest BCUT2D eigenvalue weighted by Crippen LogP contribution is 2.08. The Labute approximate surface area is 140 Å². The average molecular weight is 330 g/mol. The first-order valence-corrected chi connectivity index (χ1v) is 8.31. The lowest BCUT2D eigenvalue weighted by Crippen LogP contribution is -2.33. The number of hydrogen-bond donors (Lipinski definition) is 2. The minimum atomic E-state index is -0.00481. The Morgan fingerprint density at radius 2 is 2.00 bits per heavy atom. The van der Waals surface area contributed by atoms with Gasteiger partial charge in [0, 0.05) is 31.1 Å². The number of guanidine groups is 1. The van der Waals surface area contributed by atoms with Crippen molar-refractivity contribution in [2.45, 2.75) is 13.0 Å². The summed E-state index contributed by atoms with van der Waals surface area (Å²) in [6, 6.07) is 11.6. The molecule has 1 aromatic carbocycles. The molecule has 0 aliphatic carbocycles. The predicted molar refractivity (Wildman–Crippen MR) is 95.8 cm³/mol. The maximum absolute atomic E-state index is 11.8. The molecule has 0 unspecified atom stereocenters. The van der Waals surface area contributed by atoms with Crippen molar-refractivity contribution in [1.29, 1.82) is 0 Å². The molecular formula is C17H22N4OS. The molecule has 0 bridgehead atoms. The fourth-order valence-electron chi connectivity index (χ4n) is 2.01. The SMILES string of the molecule is CN(C)C(=O)c1ccc(CN=C(N)NCCc2cccs2)cc1. The summed E-state index contributed by atoms with van der Waals surface area (Å²) in [6.07, 6.45) is 0.940. The molecule has 0 saturated heterocycles. The Kier molecular flexibility index (Phi) is 6.17. The van der Waals surface area contributed by atoms with Crippen LogP contribution in [0.15, 0.2) is 46.8 Å². The maximum atomic E-state index is 11.8. The zero-order chi connectivity index (χ0) is 16.7. The predicted octanol–water partition coefficient (Wildman–Crippen LogP) is 2.10. The number of carbonyl (C=O) groups excluding carboxylic acids is 1. The van der Waals surface area contributed by atoms with Crippen LogP contribution in [0, 0.1) is 0 Å². The second-order valence-corrected chi connectivity index (χ2v) is 6.39. The van der Waals surface area contributed by atoms with Gasteiger partial charge in [0.2, 0.25) is 0 Å². The van der Waals surface area contributed by atoms with E-state index in [1.165, 1.54) is 4.88 Å². The third-order valence-electron chi connectivity index (χ3n) is 3.30. The average Bonchev–Trinajstić information content (AvgIpc) is 3.06. The second-order valence-electron chi connectivity index (χ2n) is 5.35. The lowest BCUT2D eigenvalue weighted by molar-refractivity contribution is 0.0827. The van der Waals surface area contributed by atoms with E-state index in [1.54, 1.807) is 30.3 Å². The van der Waals surface area contributed by atoms with E-state index in [0.717, 1.165) is 18.5 Å². The van der Waals surface area contributed by atoms with E-state index in [4.69, 9.17) is 5.73 Å². The summed E-state index contributed by atoms with van der Waals surface area (Å²) in [5.41, 5.74) is 7.55. The topological polar surface area (TPSA) is 70.7 Å². The number of amides is 1. The van der Waals surface area contributed by atoms with E-state index in [2.05, 4.69) is 21.8 Å². The third kappa shape index (κ3) is 5.41. The molecule has 6 heteroatoms. The lowest BCUT2D eigenvalue weighted by Gasteiger charge is -2.10. The minimum absolute atomic E-state index is 0.00481. The first kappa shape index (κ1) is 17.0. The van der Waals surface area contributed by atoms with Crippen molar-refractivity contribution in [2.75, 3.05) is 20.6 Å². The normalized spacial score (nSPS) is 11.3. The van der Waals surface area contributed by atoms with Crippen LogP contribution < -0.4 is 11.1 Å². The van der Waals surface area contributed by atoms with E-state index < -0.39 is 0 Å². The van der Waals surface area contributed by atoms with Crippen LogP contribution in [0.25, 0.3) is 0 Å². The van der Waals surface area contributed by atoms with E-state index >= 15 is 0 Å². The minimum Gasteiger partial charge on any atom is -0.370 e. The number of nitrogens with two attached hydrogens (primary N) is 1. The quantitative estimate of drug-likeness (QED) is 0.629. The van der Waals surface area contributed by atoms with Gasteiger partial charge < -0.3 is 16.0 Å². The van der Waals surface area contributed by atoms with E-state index in [0.29, 0.717) is 18.1 Å². The Hall–Kier alpha value is -2.34. The van der Waals surface area contributed by atoms with Crippen LogP contribution in [0.1, 0.15) is 20.8 Å². The summed E-state index contributed by atoms with van der Waals surface area (Å²) >= 11 is 1.74. The van der Waals surface area contributed by atoms with Crippen molar-refractivity contribution in [2.24, 2.45) is 10.7 Å². The van der Waals surface area contributed by atoms with Gasteiger partial charge in [-0.05, 0) is 35.6 Å². The number of benzene rings is 1. The van der Waals surface area contributed by atoms with Gasteiger partial charge in [0.05, 0.1) is 6.54 Å². The monoisotopic (exact) mass is 330 g/mol. The van der Waals surface area contributed by atoms with Crippen LogP contribution in [0.2, 0.25) is 0 Å². The van der Waals surface area contributed by atoms with Gasteiger partial charge in [0.25, 0.3) is 5.91 Å². The Morgan fingerprint density at radius 3 is 2.61 bits per heavy atom. The molecule has 1 heterocycles. The smallest absolute Gasteiger partial charge is 0.253 e. The zero-order valence-corrected chi connectivity index (χ0v) is 14.3. The van der Waals surface area contributed by atoms with Gasteiger partial charge in [-0.1, -0.05) is 18.2 Å². The number of aliphatic imine (C=N–C) groups is 1. The number of thiophene rings is 1. The second kappa shape index (κ2) is 8.33. The van der Waals surface area contributed by atoms with Crippen molar-refractivity contribution in [3.63, 3.8) is 0 Å². The van der Waals surface area contributed by atoms with E-state index in [1.807, 2.05) is 30.3 Å². The lowest BCUT2D eigenvalue weighted by atomic mass is 10.1. The van der Waals surface area contributed by atoms with Crippen LogP contribution in [0.4, 0.5) is 0 Å². The molecule has 5 nitrogen and oxygen atoms in total. The van der Waals surface area contributed by atoms with Crippen molar-refractivity contribution >= 4 is 23.2 Å². The fourth-order valence-corrected chi connectivity index (χ4v) is 2.72. The summed E-state index contributed by atoms with van der Waals surface area (Å²) in [5, 5.41) is 5.18. The Morgan fingerprint density at radius 1 is 1.26 bits per heavy atom. The molecule has 0 fully saturated rings. The summed E-state index contributed by atoms with van der Waals surface area (Å²) in [4.78, 5) is 19.0. The maximum Gasteiger partial charge on any atom is 0.253 e. The van der Waals surface area contributed by atoms with Crippen molar-refractivity contribution in [3.05, 3.63) is 57.8 Å². The van der Waals surface area contributed by atoms with E-state index in [-0.39, 0.29) is 5.91 Å². The molecule has 3 N–H and O–H groups in total. The van der Waals surface area contributed by atoms with Crippen LogP contribution in [-0.2, 0) is 13.0 Å². The highest BCUT2D eigenvalue weighted by Gasteiger charge is 2.06. The van der Waals surface area contributed by atoms with Crippen LogP contribution >= 0.6 is 11.3 Å². The molecular weight excluding hydrogens is 308 g/mol. The van der Waals surface area contributed by atoms with Gasteiger partial charge in [-0.3, -0.25) is 4.79 Å². The molecule has 23 heavy (non-hydrogen) atoms.